The second kappa shape index (κ2) is 9.96. The predicted octanol–water partition coefficient (Wildman–Crippen LogP) is 2.72. The number of hydrogen-bond acceptors (Lipinski definition) is 5. The van der Waals surface area contributed by atoms with Crippen molar-refractivity contribution in [3.8, 4) is 11.5 Å². The standard InChI is InChI=1S/C17H15Cl2N3O4S/c1-25-12-5-2-10(3-6-12)16(24)20-17(27)22-21-15(23)9-26-14-7-4-11(18)8-13(14)19/h2-8H,9H2,1H3,(H,21,23)(H2,20,22,24,27). The van der Waals surface area contributed by atoms with Gasteiger partial charge < -0.3 is 9.47 Å². The van der Waals surface area contributed by atoms with Gasteiger partial charge in [-0.25, -0.2) is 0 Å². The number of ether oxygens (including phenoxy) is 2. The highest BCUT2D eigenvalue weighted by molar-refractivity contribution is 7.80. The Hall–Kier alpha value is -2.55. The van der Waals surface area contributed by atoms with Gasteiger partial charge in [-0.3, -0.25) is 25.8 Å². The van der Waals surface area contributed by atoms with E-state index >= 15 is 0 Å². The SMILES string of the molecule is COc1ccc(C(=O)NC(=S)NNC(=O)COc2ccc(Cl)cc2Cl)cc1. The van der Waals surface area contributed by atoms with Crippen LogP contribution in [0.1, 0.15) is 10.4 Å². The molecule has 2 aromatic rings. The Labute approximate surface area is 170 Å². The van der Waals surface area contributed by atoms with Gasteiger partial charge in [0.1, 0.15) is 11.5 Å². The Morgan fingerprint density at radius 1 is 1.07 bits per heavy atom. The lowest BCUT2D eigenvalue weighted by molar-refractivity contribution is -0.123. The van der Waals surface area contributed by atoms with Crippen molar-refractivity contribution in [3.05, 3.63) is 58.1 Å². The number of halogens is 2. The summed E-state index contributed by atoms with van der Waals surface area (Å²) in [6.07, 6.45) is 0. The van der Waals surface area contributed by atoms with Gasteiger partial charge in [0, 0.05) is 10.6 Å². The van der Waals surface area contributed by atoms with Crippen LogP contribution in [0.4, 0.5) is 0 Å². The summed E-state index contributed by atoms with van der Waals surface area (Å²) in [6, 6.07) is 11.1. The minimum absolute atomic E-state index is 0.0753. The molecular weight excluding hydrogens is 413 g/mol. The number of nitrogens with one attached hydrogen (secondary N) is 3. The van der Waals surface area contributed by atoms with Crippen LogP contribution in [-0.4, -0.2) is 30.6 Å². The van der Waals surface area contributed by atoms with Crippen molar-refractivity contribution >= 4 is 52.3 Å². The van der Waals surface area contributed by atoms with Gasteiger partial charge in [0.25, 0.3) is 11.8 Å². The van der Waals surface area contributed by atoms with E-state index in [0.29, 0.717) is 22.1 Å². The predicted molar refractivity (Wildman–Crippen MR) is 106 cm³/mol. The van der Waals surface area contributed by atoms with Crippen LogP contribution in [-0.2, 0) is 4.79 Å². The molecular formula is C17H15Cl2N3O4S. The van der Waals surface area contributed by atoms with Gasteiger partial charge in [-0.1, -0.05) is 23.2 Å². The summed E-state index contributed by atoms with van der Waals surface area (Å²) in [5.74, 6) is -0.0254. The number of rotatable bonds is 5. The summed E-state index contributed by atoms with van der Waals surface area (Å²) in [6.45, 7) is -0.316. The molecule has 0 aliphatic rings. The fourth-order valence-corrected chi connectivity index (χ4v) is 2.45. The summed E-state index contributed by atoms with van der Waals surface area (Å²) in [5.41, 5.74) is 5.09. The summed E-state index contributed by atoms with van der Waals surface area (Å²) in [5, 5.41) is 3.09. The van der Waals surface area contributed by atoms with Crippen LogP contribution >= 0.6 is 35.4 Å². The van der Waals surface area contributed by atoms with Gasteiger partial charge in [0.05, 0.1) is 12.1 Å². The summed E-state index contributed by atoms with van der Waals surface area (Å²) >= 11 is 16.7. The lowest BCUT2D eigenvalue weighted by Crippen LogP contribution is -2.49. The van der Waals surface area contributed by atoms with E-state index in [0.717, 1.165) is 0 Å². The van der Waals surface area contributed by atoms with Crippen molar-refractivity contribution in [1.29, 1.82) is 0 Å². The maximum absolute atomic E-state index is 12.0. The third-order valence-corrected chi connectivity index (χ3v) is 3.88. The van der Waals surface area contributed by atoms with Crippen molar-refractivity contribution in [2.45, 2.75) is 0 Å². The van der Waals surface area contributed by atoms with E-state index in [-0.39, 0.29) is 16.7 Å². The highest BCUT2D eigenvalue weighted by Crippen LogP contribution is 2.27. The molecule has 0 bridgehead atoms. The van der Waals surface area contributed by atoms with Crippen LogP contribution in [0.2, 0.25) is 10.0 Å². The molecule has 0 aromatic heterocycles. The van der Waals surface area contributed by atoms with Crippen molar-refractivity contribution in [2.75, 3.05) is 13.7 Å². The molecule has 0 saturated heterocycles. The molecule has 0 aliphatic heterocycles. The molecule has 0 unspecified atom stereocenters. The molecule has 27 heavy (non-hydrogen) atoms. The first kappa shape index (κ1) is 20.8. The van der Waals surface area contributed by atoms with Crippen molar-refractivity contribution < 1.29 is 19.1 Å². The van der Waals surface area contributed by atoms with Gasteiger partial charge in [-0.2, -0.15) is 0 Å². The first-order valence-electron chi connectivity index (χ1n) is 7.51. The number of benzene rings is 2. The van der Waals surface area contributed by atoms with Gasteiger partial charge in [-0.05, 0) is 54.7 Å². The van der Waals surface area contributed by atoms with E-state index in [1.54, 1.807) is 36.4 Å². The molecule has 0 fully saturated rings. The summed E-state index contributed by atoms with van der Waals surface area (Å²) in [7, 11) is 1.53. The minimum Gasteiger partial charge on any atom is -0.497 e. The number of hydrazine groups is 1. The van der Waals surface area contributed by atoms with Crippen molar-refractivity contribution in [2.24, 2.45) is 0 Å². The van der Waals surface area contributed by atoms with Crippen molar-refractivity contribution in [3.63, 3.8) is 0 Å². The average Bonchev–Trinajstić information content (AvgIpc) is 2.65. The summed E-state index contributed by atoms with van der Waals surface area (Å²) < 4.78 is 10.3. The number of thiocarbonyl (C=S) groups is 1. The smallest absolute Gasteiger partial charge is 0.276 e. The zero-order valence-corrected chi connectivity index (χ0v) is 16.4. The lowest BCUT2D eigenvalue weighted by Gasteiger charge is -2.12. The summed E-state index contributed by atoms with van der Waals surface area (Å²) in [4.78, 5) is 23.8. The van der Waals surface area contributed by atoms with E-state index in [2.05, 4.69) is 16.2 Å². The molecule has 7 nitrogen and oxygen atoms in total. The Morgan fingerprint density at radius 3 is 2.41 bits per heavy atom. The monoisotopic (exact) mass is 427 g/mol. The zero-order chi connectivity index (χ0) is 19.8. The molecule has 0 radical (unpaired) electrons. The molecule has 2 aromatic carbocycles. The zero-order valence-electron chi connectivity index (χ0n) is 14.0. The maximum atomic E-state index is 12.0. The average molecular weight is 428 g/mol. The fourth-order valence-electron chi connectivity index (χ4n) is 1.85. The molecule has 2 rings (SSSR count). The Kier molecular flexibility index (Phi) is 7.66. The normalized spacial score (nSPS) is 9.89. The molecule has 10 heteroatoms. The molecule has 3 N–H and O–H groups in total. The number of amides is 2. The van der Waals surface area contributed by atoms with E-state index < -0.39 is 11.8 Å². The van der Waals surface area contributed by atoms with Gasteiger partial charge in [0.2, 0.25) is 0 Å². The van der Waals surface area contributed by atoms with Gasteiger partial charge >= 0.3 is 0 Å². The fraction of sp³-hybridized carbons (Fsp3) is 0.118. The van der Waals surface area contributed by atoms with Crippen LogP contribution in [0.3, 0.4) is 0 Å². The van der Waals surface area contributed by atoms with Crippen LogP contribution in [0.15, 0.2) is 42.5 Å². The van der Waals surface area contributed by atoms with Crippen LogP contribution in [0.5, 0.6) is 11.5 Å². The Balaban J connectivity index is 1.75. The second-order valence-electron chi connectivity index (χ2n) is 5.05. The van der Waals surface area contributed by atoms with Gasteiger partial charge in [0.15, 0.2) is 11.7 Å². The van der Waals surface area contributed by atoms with Crippen LogP contribution in [0.25, 0.3) is 0 Å². The Bertz CT molecular complexity index is 847. The molecule has 0 heterocycles. The van der Waals surface area contributed by atoms with Crippen LogP contribution in [0, 0.1) is 0 Å². The molecule has 142 valence electrons. The Morgan fingerprint density at radius 2 is 1.78 bits per heavy atom. The topological polar surface area (TPSA) is 88.7 Å². The number of hydrogen-bond donors (Lipinski definition) is 3. The molecule has 0 saturated carbocycles. The highest BCUT2D eigenvalue weighted by atomic mass is 35.5. The third-order valence-electron chi connectivity index (χ3n) is 3.15. The largest absolute Gasteiger partial charge is 0.497 e. The highest BCUT2D eigenvalue weighted by Gasteiger charge is 2.10. The first-order valence-corrected chi connectivity index (χ1v) is 8.67. The molecule has 0 atom stereocenters. The van der Waals surface area contributed by atoms with Gasteiger partial charge in [-0.15, -0.1) is 0 Å². The van der Waals surface area contributed by atoms with Crippen molar-refractivity contribution in [1.82, 2.24) is 16.2 Å². The first-order chi connectivity index (χ1) is 12.9. The lowest BCUT2D eigenvalue weighted by atomic mass is 10.2. The number of methoxy groups -OCH3 is 1. The number of carbonyl (C=O) groups excluding carboxylic acids is 2. The number of carbonyl (C=O) groups is 2. The second-order valence-corrected chi connectivity index (χ2v) is 6.30. The quantitative estimate of drug-likeness (QED) is 0.502. The van der Waals surface area contributed by atoms with E-state index in [1.165, 1.54) is 13.2 Å². The molecule has 0 spiro atoms. The van der Waals surface area contributed by atoms with E-state index in [9.17, 15) is 9.59 Å². The minimum atomic E-state index is -0.526. The molecule has 0 aliphatic carbocycles. The van der Waals surface area contributed by atoms with Crippen LogP contribution < -0.4 is 25.6 Å². The maximum Gasteiger partial charge on any atom is 0.276 e. The molecule has 2 amide bonds. The van der Waals surface area contributed by atoms with E-state index in [4.69, 9.17) is 44.9 Å². The van der Waals surface area contributed by atoms with E-state index in [1.807, 2.05) is 0 Å². The third kappa shape index (κ3) is 6.59.